The van der Waals surface area contributed by atoms with Crippen LogP contribution in [0.3, 0.4) is 0 Å². The molecule has 0 saturated heterocycles. The lowest BCUT2D eigenvalue weighted by Crippen LogP contribution is -2.05. The van der Waals surface area contributed by atoms with Gasteiger partial charge >= 0.3 is 0 Å². The van der Waals surface area contributed by atoms with Crippen molar-refractivity contribution < 1.29 is 9.47 Å². The second-order valence-corrected chi connectivity index (χ2v) is 5.94. The minimum Gasteiger partial charge on any atom is -0.496 e. The molecule has 3 rings (SSSR count). The van der Waals surface area contributed by atoms with Gasteiger partial charge in [-0.2, -0.15) is 4.98 Å². The summed E-state index contributed by atoms with van der Waals surface area (Å²) < 4.78 is 11.3. The molecule has 0 amide bonds. The highest BCUT2D eigenvalue weighted by molar-refractivity contribution is 5.47. The van der Waals surface area contributed by atoms with E-state index in [9.17, 15) is 0 Å². The molecule has 2 aromatic carbocycles. The molecule has 4 N–H and O–H groups in total. The normalized spacial score (nSPS) is 10.1. The molecule has 0 spiro atoms. The Hall–Kier alpha value is -3.12. The predicted octanol–water partition coefficient (Wildman–Crippen LogP) is 3.98. The van der Waals surface area contributed by atoms with Gasteiger partial charge in [0, 0.05) is 18.2 Å². The summed E-state index contributed by atoms with van der Waals surface area (Å²) in [4.78, 5) is 8.03. The summed E-state index contributed by atoms with van der Waals surface area (Å²) in [6, 6.07) is 16.1. The van der Waals surface area contributed by atoms with Crippen molar-refractivity contribution >= 4 is 11.8 Å². The molecule has 6 heteroatoms. The fraction of sp³-hybridized carbons (Fsp3) is 0.273. The Balaban J connectivity index is 0.00000136. The van der Waals surface area contributed by atoms with Gasteiger partial charge in [-0.3, -0.25) is 0 Å². The molecule has 6 nitrogen and oxygen atoms in total. The SMILES string of the molecule is CC.COc1ccc(COCc2ccccc2)cc1Cc1cnc(N)nc1N. The van der Waals surface area contributed by atoms with Gasteiger partial charge < -0.3 is 20.9 Å². The first kappa shape index (κ1) is 21.2. The number of aromatic nitrogens is 2. The van der Waals surface area contributed by atoms with Crippen LogP contribution < -0.4 is 16.2 Å². The molecule has 0 fully saturated rings. The number of methoxy groups -OCH3 is 1. The van der Waals surface area contributed by atoms with Gasteiger partial charge in [-0.05, 0) is 28.8 Å². The van der Waals surface area contributed by atoms with Gasteiger partial charge in [-0.25, -0.2) is 4.98 Å². The topological polar surface area (TPSA) is 96.3 Å². The van der Waals surface area contributed by atoms with Crippen LogP contribution >= 0.6 is 0 Å². The van der Waals surface area contributed by atoms with Gasteiger partial charge in [0.1, 0.15) is 11.6 Å². The number of hydrogen-bond donors (Lipinski definition) is 2. The van der Waals surface area contributed by atoms with Crippen LogP contribution in [0.2, 0.25) is 0 Å². The Morgan fingerprint density at radius 3 is 2.29 bits per heavy atom. The van der Waals surface area contributed by atoms with Gasteiger partial charge in [0.2, 0.25) is 5.95 Å². The van der Waals surface area contributed by atoms with E-state index in [0.29, 0.717) is 25.5 Å². The van der Waals surface area contributed by atoms with Crippen molar-refractivity contribution in [1.29, 1.82) is 0 Å². The van der Waals surface area contributed by atoms with Crippen molar-refractivity contribution in [3.8, 4) is 5.75 Å². The lowest BCUT2D eigenvalue weighted by atomic mass is 10.0. The average Bonchev–Trinajstić information content (AvgIpc) is 2.73. The number of anilines is 2. The number of hydrogen-bond acceptors (Lipinski definition) is 6. The molecule has 0 saturated carbocycles. The molecule has 0 unspecified atom stereocenters. The third kappa shape index (κ3) is 5.96. The number of nitrogens with zero attached hydrogens (tertiary/aromatic N) is 2. The smallest absolute Gasteiger partial charge is 0.221 e. The maximum atomic E-state index is 5.95. The van der Waals surface area contributed by atoms with Gasteiger partial charge in [-0.15, -0.1) is 0 Å². The molecular formula is C22H28N4O2. The van der Waals surface area contributed by atoms with E-state index >= 15 is 0 Å². The molecule has 0 aliphatic rings. The summed E-state index contributed by atoms with van der Waals surface area (Å²) >= 11 is 0. The highest BCUT2D eigenvalue weighted by atomic mass is 16.5. The van der Waals surface area contributed by atoms with E-state index in [1.165, 1.54) is 0 Å². The Morgan fingerprint density at radius 2 is 1.61 bits per heavy atom. The molecule has 0 bridgehead atoms. The molecule has 0 aliphatic heterocycles. The van der Waals surface area contributed by atoms with E-state index in [1.54, 1.807) is 13.3 Å². The summed E-state index contributed by atoms with van der Waals surface area (Å²) in [6.07, 6.45) is 2.21. The monoisotopic (exact) mass is 380 g/mol. The zero-order valence-corrected chi connectivity index (χ0v) is 16.7. The van der Waals surface area contributed by atoms with Crippen molar-refractivity contribution in [3.63, 3.8) is 0 Å². The fourth-order valence-electron chi connectivity index (χ4n) is 2.70. The standard InChI is InChI=1S/C20H22N4O2.C2H6/c1-25-18-8-7-15(13-26-12-14-5-3-2-4-6-14)9-16(18)10-17-11-23-20(22)24-19(17)21;1-2/h2-9,11H,10,12-13H2,1H3,(H4,21,22,23,24);1-2H3. The fourth-order valence-corrected chi connectivity index (χ4v) is 2.70. The maximum absolute atomic E-state index is 5.95. The Kier molecular flexibility index (Phi) is 8.24. The third-order valence-corrected chi connectivity index (χ3v) is 4.02. The van der Waals surface area contributed by atoms with Crippen molar-refractivity contribution in [3.05, 3.63) is 77.0 Å². The Bertz CT molecular complexity index is 870. The van der Waals surface area contributed by atoms with Gasteiger partial charge in [0.15, 0.2) is 0 Å². The zero-order valence-electron chi connectivity index (χ0n) is 16.7. The molecule has 0 atom stereocenters. The predicted molar refractivity (Wildman–Crippen MR) is 113 cm³/mol. The van der Waals surface area contributed by atoms with Crippen LogP contribution in [-0.4, -0.2) is 17.1 Å². The largest absolute Gasteiger partial charge is 0.496 e. The summed E-state index contributed by atoms with van der Waals surface area (Å²) in [7, 11) is 1.65. The van der Waals surface area contributed by atoms with Gasteiger partial charge in [0.05, 0.1) is 20.3 Å². The summed E-state index contributed by atoms with van der Waals surface area (Å²) in [5, 5.41) is 0. The van der Waals surface area contributed by atoms with E-state index in [2.05, 4.69) is 16.0 Å². The van der Waals surface area contributed by atoms with E-state index < -0.39 is 0 Å². The number of rotatable bonds is 7. The van der Waals surface area contributed by atoms with Crippen LogP contribution in [-0.2, 0) is 24.4 Å². The van der Waals surface area contributed by atoms with Crippen LogP contribution in [0.1, 0.15) is 36.1 Å². The molecule has 1 heterocycles. The van der Waals surface area contributed by atoms with Crippen molar-refractivity contribution in [2.45, 2.75) is 33.5 Å². The number of benzene rings is 2. The minimum absolute atomic E-state index is 0.168. The van der Waals surface area contributed by atoms with Crippen LogP contribution in [0.25, 0.3) is 0 Å². The lowest BCUT2D eigenvalue weighted by molar-refractivity contribution is 0.107. The van der Waals surface area contributed by atoms with Gasteiger partial charge in [0.25, 0.3) is 0 Å². The summed E-state index contributed by atoms with van der Waals surface area (Å²) in [6.45, 7) is 5.08. The zero-order chi connectivity index (χ0) is 20.4. The second kappa shape index (κ2) is 10.9. The Morgan fingerprint density at radius 1 is 0.893 bits per heavy atom. The third-order valence-electron chi connectivity index (χ3n) is 4.02. The van der Waals surface area contributed by atoms with E-state index in [4.69, 9.17) is 20.9 Å². The molecule has 0 aliphatic carbocycles. The molecule has 148 valence electrons. The van der Waals surface area contributed by atoms with Crippen molar-refractivity contribution in [2.75, 3.05) is 18.6 Å². The number of ether oxygens (including phenoxy) is 2. The maximum Gasteiger partial charge on any atom is 0.221 e. The van der Waals surface area contributed by atoms with E-state index in [-0.39, 0.29) is 5.95 Å². The van der Waals surface area contributed by atoms with E-state index in [0.717, 1.165) is 28.0 Å². The molecule has 28 heavy (non-hydrogen) atoms. The van der Waals surface area contributed by atoms with Gasteiger partial charge in [-0.1, -0.05) is 50.2 Å². The van der Waals surface area contributed by atoms with E-state index in [1.807, 2.05) is 56.3 Å². The molecular weight excluding hydrogens is 352 g/mol. The lowest BCUT2D eigenvalue weighted by Gasteiger charge is -2.12. The first-order valence-electron chi connectivity index (χ1n) is 9.30. The number of nitrogens with two attached hydrogens (primary N) is 2. The Labute approximate surface area is 166 Å². The highest BCUT2D eigenvalue weighted by Gasteiger charge is 2.10. The first-order chi connectivity index (χ1) is 13.7. The first-order valence-corrected chi connectivity index (χ1v) is 9.30. The summed E-state index contributed by atoms with van der Waals surface area (Å²) in [5.74, 6) is 1.33. The second-order valence-electron chi connectivity index (χ2n) is 5.94. The number of nitrogen functional groups attached to an aromatic ring is 2. The average molecular weight is 380 g/mol. The quantitative estimate of drug-likeness (QED) is 0.643. The summed E-state index contributed by atoms with van der Waals surface area (Å²) in [5.41, 5.74) is 15.5. The highest BCUT2D eigenvalue weighted by Crippen LogP contribution is 2.25. The van der Waals surface area contributed by atoms with Crippen LogP contribution in [0, 0.1) is 0 Å². The van der Waals surface area contributed by atoms with Crippen molar-refractivity contribution in [2.24, 2.45) is 0 Å². The molecule has 0 radical (unpaired) electrons. The van der Waals surface area contributed by atoms with Crippen LogP contribution in [0.4, 0.5) is 11.8 Å². The molecule has 1 aromatic heterocycles. The van der Waals surface area contributed by atoms with Crippen molar-refractivity contribution in [1.82, 2.24) is 9.97 Å². The van der Waals surface area contributed by atoms with Crippen LogP contribution in [0.5, 0.6) is 5.75 Å². The minimum atomic E-state index is 0.168. The molecule has 3 aromatic rings. The van der Waals surface area contributed by atoms with Crippen LogP contribution in [0.15, 0.2) is 54.7 Å².